The van der Waals surface area contributed by atoms with Crippen LogP contribution in [0.4, 0.5) is 10.1 Å². The molecule has 3 aromatic carbocycles. The average Bonchev–Trinajstić information content (AvgIpc) is 3.83. The third kappa shape index (κ3) is 8.84. The van der Waals surface area contributed by atoms with Crippen molar-refractivity contribution in [2.24, 2.45) is 17.8 Å². The van der Waals surface area contributed by atoms with E-state index < -0.39 is 0 Å². The second-order valence-corrected chi connectivity index (χ2v) is 13.5. The van der Waals surface area contributed by atoms with E-state index >= 15 is 0 Å². The van der Waals surface area contributed by atoms with Gasteiger partial charge in [-0.15, -0.1) is 0 Å². The molecule has 2 saturated carbocycles. The number of rotatable bonds is 11. The lowest BCUT2D eigenvalue weighted by molar-refractivity contribution is -0.121. The molecule has 43 heavy (non-hydrogen) atoms. The molecule has 3 aromatic rings. The zero-order valence-electron chi connectivity index (χ0n) is 25.4. The van der Waals surface area contributed by atoms with E-state index in [0.29, 0.717) is 18.2 Å². The summed E-state index contributed by atoms with van der Waals surface area (Å²) in [6.07, 6.45) is 9.75. The quantitative estimate of drug-likeness (QED) is 0.231. The fraction of sp³-hybridized carbons (Fsp3) is 0.486. The first-order chi connectivity index (χ1) is 20.8. The van der Waals surface area contributed by atoms with Crippen molar-refractivity contribution in [2.45, 2.75) is 96.7 Å². The number of anilines is 1. The summed E-state index contributed by atoms with van der Waals surface area (Å²) in [6, 6.07) is 19.3. The van der Waals surface area contributed by atoms with E-state index in [1.807, 2.05) is 43.3 Å². The van der Waals surface area contributed by atoms with Crippen molar-refractivity contribution >= 4 is 34.8 Å². The summed E-state index contributed by atoms with van der Waals surface area (Å²) in [5.41, 5.74) is 4.76. The van der Waals surface area contributed by atoms with Gasteiger partial charge in [0.2, 0.25) is 5.91 Å². The third-order valence-corrected chi connectivity index (χ3v) is 10.2. The van der Waals surface area contributed by atoms with Crippen molar-refractivity contribution in [3.8, 4) is 0 Å². The fourth-order valence-electron chi connectivity index (χ4n) is 6.60. The van der Waals surface area contributed by atoms with Crippen LogP contribution in [0.15, 0.2) is 60.7 Å². The molecule has 0 heterocycles. The van der Waals surface area contributed by atoms with Crippen molar-refractivity contribution in [3.05, 3.63) is 98.8 Å². The highest BCUT2D eigenvalue weighted by atomic mass is 35.5. The van der Waals surface area contributed by atoms with E-state index in [-0.39, 0.29) is 35.6 Å². The molecule has 230 valence electrons. The molecule has 0 aromatic heterocycles. The molecule has 0 aliphatic heterocycles. The highest BCUT2D eigenvalue weighted by Gasteiger charge is 2.32. The largest absolute Gasteiger partial charge is 0.374 e. The lowest BCUT2D eigenvalue weighted by atomic mass is 9.77. The minimum absolute atomic E-state index is 0.00269. The average molecular weight is 625 g/mol. The van der Waals surface area contributed by atoms with Gasteiger partial charge in [0, 0.05) is 21.7 Å². The Labute approximate surface area is 266 Å². The maximum absolute atomic E-state index is 14.3. The maximum Gasteiger partial charge on any atom is 0.227 e. The molecule has 5 rings (SSSR count). The van der Waals surface area contributed by atoms with E-state index in [4.69, 9.17) is 27.9 Å². The molecule has 0 radical (unpaired) electrons. The fourth-order valence-corrected chi connectivity index (χ4v) is 7.32. The lowest BCUT2D eigenvalue weighted by Gasteiger charge is -2.33. The summed E-state index contributed by atoms with van der Waals surface area (Å²) in [5, 5.41) is 4.62. The Bertz CT molecular complexity index is 1350. The number of ether oxygens (including phenoxy) is 1. The first kappa shape index (κ1) is 32.0. The third-order valence-electron chi connectivity index (χ3n) is 9.49. The van der Waals surface area contributed by atoms with Gasteiger partial charge in [-0.1, -0.05) is 80.2 Å². The molecule has 2 aliphatic rings. The van der Waals surface area contributed by atoms with E-state index in [1.54, 1.807) is 6.07 Å². The summed E-state index contributed by atoms with van der Waals surface area (Å²) in [7, 11) is 0. The van der Waals surface area contributed by atoms with Crippen LogP contribution in [0, 0.1) is 23.6 Å². The number of carbonyl (C=O) groups is 1. The second kappa shape index (κ2) is 15.1. The zero-order chi connectivity index (χ0) is 30.3. The highest BCUT2D eigenvalue weighted by molar-refractivity contribution is 6.36. The molecule has 0 saturated heterocycles. The topological polar surface area (TPSA) is 38.3 Å². The molecule has 1 amide bonds. The number of amides is 1. The van der Waals surface area contributed by atoms with Crippen LogP contribution in [0.3, 0.4) is 0 Å². The maximum atomic E-state index is 14.3. The number of benzene rings is 3. The number of nitrogens with one attached hydrogen (secondary N) is 1. The van der Waals surface area contributed by atoms with Gasteiger partial charge in [-0.25, -0.2) is 4.39 Å². The lowest BCUT2D eigenvalue weighted by Crippen LogP contribution is -2.32. The molecule has 1 N–H and O–H groups in total. The zero-order valence-corrected chi connectivity index (χ0v) is 26.9. The molecule has 0 bridgehead atoms. The van der Waals surface area contributed by atoms with Crippen molar-refractivity contribution in [2.75, 3.05) is 5.32 Å². The Morgan fingerprint density at radius 3 is 2.42 bits per heavy atom. The Morgan fingerprint density at radius 1 is 0.977 bits per heavy atom. The second-order valence-electron chi connectivity index (χ2n) is 12.7. The Morgan fingerprint density at radius 2 is 1.72 bits per heavy atom. The van der Waals surface area contributed by atoms with E-state index in [1.165, 1.54) is 6.07 Å². The molecule has 4 unspecified atom stereocenters. The van der Waals surface area contributed by atoms with Crippen molar-refractivity contribution in [1.29, 1.82) is 0 Å². The Balaban J connectivity index is 1.25. The van der Waals surface area contributed by atoms with Gasteiger partial charge in [0.05, 0.1) is 12.7 Å². The van der Waals surface area contributed by atoms with Crippen LogP contribution in [0.5, 0.6) is 0 Å². The molecular weight excluding hydrogens is 580 g/mol. The smallest absolute Gasteiger partial charge is 0.227 e. The van der Waals surface area contributed by atoms with Crippen molar-refractivity contribution < 1.29 is 13.9 Å². The standard InChI is InChI=1S/C37H44Cl2FNO2/c1-3-25-19-34(38)32(35(39)20-25)16-12-26-10-7-11-29(21-31(18-26)43-23-27-8-5-4-6-9-27)24(2)37(42)41-30-15-17-36(40)33(22-30)28-13-14-28/h4-6,8-9,15,17,19-20,22,24,26,28-29,31H,3,7,10-14,16,18,21,23H2,1-2H3,(H,41,42). The first-order valence-electron chi connectivity index (χ1n) is 16.0. The van der Waals surface area contributed by atoms with Crippen LogP contribution in [-0.2, 0) is 29.0 Å². The predicted molar refractivity (Wildman–Crippen MR) is 175 cm³/mol. The molecule has 2 aliphatic carbocycles. The minimum atomic E-state index is -0.177. The molecule has 6 heteroatoms. The van der Waals surface area contributed by atoms with Gasteiger partial charge >= 0.3 is 0 Å². The summed E-state index contributed by atoms with van der Waals surface area (Å²) in [4.78, 5) is 13.4. The SMILES string of the molecule is CCc1cc(Cl)c(CCC2CCCC(C(C)C(=O)Nc3ccc(F)c(C4CC4)c3)CC(OCc3ccccc3)C2)c(Cl)c1. The van der Waals surface area contributed by atoms with Crippen LogP contribution in [-0.4, -0.2) is 12.0 Å². The minimum Gasteiger partial charge on any atom is -0.374 e. The monoisotopic (exact) mass is 623 g/mol. The number of halogens is 3. The van der Waals surface area contributed by atoms with E-state index in [0.717, 1.165) is 96.5 Å². The van der Waals surface area contributed by atoms with Gasteiger partial charge < -0.3 is 10.1 Å². The summed E-state index contributed by atoms with van der Waals surface area (Å²) < 4.78 is 20.9. The van der Waals surface area contributed by atoms with Crippen LogP contribution in [0.1, 0.15) is 93.4 Å². The summed E-state index contributed by atoms with van der Waals surface area (Å²) in [5.74, 6) is 0.627. The Hall–Kier alpha value is -2.40. The number of aryl methyl sites for hydroxylation is 1. The first-order valence-corrected chi connectivity index (χ1v) is 16.8. The van der Waals surface area contributed by atoms with Crippen LogP contribution in [0.2, 0.25) is 10.0 Å². The van der Waals surface area contributed by atoms with Crippen molar-refractivity contribution in [3.63, 3.8) is 0 Å². The normalized spacial score (nSPS) is 21.6. The Kier molecular flexibility index (Phi) is 11.2. The van der Waals surface area contributed by atoms with Gasteiger partial charge in [0.15, 0.2) is 0 Å². The number of carbonyl (C=O) groups excluding carboxylic acids is 1. The van der Waals surface area contributed by atoms with Crippen LogP contribution >= 0.6 is 23.2 Å². The van der Waals surface area contributed by atoms with E-state index in [2.05, 4.69) is 24.4 Å². The van der Waals surface area contributed by atoms with Gasteiger partial charge in [-0.2, -0.15) is 0 Å². The van der Waals surface area contributed by atoms with Crippen LogP contribution in [0.25, 0.3) is 0 Å². The van der Waals surface area contributed by atoms with Gasteiger partial charge in [-0.05, 0) is 122 Å². The molecule has 2 fully saturated rings. The summed E-state index contributed by atoms with van der Waals surface area (Å²) >= 11 is 13.3. The van der Waals surface area contributed by atoms with E-state index in [9.17, 15) is 9.18 Å². The molecule has 4 atom stereocenters. The molecular formula is C37H44Cl2FNO2. The number of hydrogen-bond donors (Lipinski definition) is 1. The highest BCUT2D eigenvalue weighted by Crippen LogP contribution is 2.42. The van der Waals surface area contributed by atoms with Gasteiger partial charge in [0.1, 0.15) is 5.82 Å². The van der Waals surface area contributed by atoms with Gasteiger partial charge in [0.25, 0.3) is 0 Å². The van der Waals surface area contributed by atoms with Crippen LogP contribution < -0.4 is 5.32 Å². The van der Waals surface area contributed by atoms with Gasteiger partial charge in [-0.3, -0.25) is 4.79 Å². The molecule has 3 nitrogen and oxygen atoms in total. The summed E-state index contributed by atoms with van der Waals surface area (Å²) in [6.45, 7) is 4.70. The number of hydrogen-bond acceptors (Lipinski definition) is 2. The van der Waals surface area contributed by atoms with Crippen molar-refractivity contribution in [1.82, 2.24) is 0 Å². The predicted octanol–water partition coefficient (Wildman–Crippen LogP) is 10.6. The molecule has 0 spiro atoms.